The minimum atomic E-state index is -4.33. The van der Waals surface area contributed by atoms with Crippen LogP contribution in [0.4, 0.5) is 13.2 Å². The Hall–Kier alpha value is -1.07. The molecule has 1 unspecified atom stereocenters. The number of hydrogen-bond donors (Lipinski definition) is 2. The minimum Gasteiger partial charge on any atom is -0.387 e. The standard InChI is InChI=1S/C14H18F3NO/c15-14(16,17)11-7-5-10(6-8-11)13(19)9-18-12-3-1-2-4-12/h5-8,12-13,18-19H,1-4,9H2. The first-order valence-corrected chi connectivity index (χ1v) is 6.55. The number of hydrogen-bond acceptors (Lipinski definition) is 2. The van der Waals surface area contributed by atoms with Crippen molar-refractivity contribution in [2.45, 2.75) is 44.0 Å². The second-order valence-electron chi connectivity index (χ2n) is 5.03. The first-order chi connectivity index (χ1) is 8.97. The van der Waals surface area contributed by atoms with Gasteiger partial charge in [-0.2, -0.15) is 13.2 Å². The third-order valence-corrected chi connectivity index (χ3v) is 3.58. The van der Waals surface area contributed by atoms with E-state index in [1.165, 1.54) is 25.0 Å². The van der Waals surface area contributed by atoms with Gasteiger partial charge in [-0.1, -0.05) is 25.0 Å². The van der Waals surface area contributed by atoms with Gasteiger partial charge < -0.3 is 10.4 Å². The largest absolute Gasteiger partial charge is 0.416 e. The Balaban J connectivity index is 1.89. The van der Waals surface area contributed by atoms with E-state index in [1.54, 1.807) is 0 Å². The minimum absolute atomic E-state index is 0.385. The number of benzene rings is 1. The van der Waals surface area contributed by atoms with Crippen molar-refractivity contribution in [3.63, 3.8) is 0 Å². The van der Waals surface area contributed by atoms with Gasteiger partial charge in [0.05, 0.1) is 11.7 Å². The number of aliphatic hydroxyl groups excluding tert-OH is 1. The Bertz CT molecular complexity index is 396. The third-order valence-electron chi connectivity index (χ3n) is 3.58. The summed E-state index contributed by atoms with van der Waals surface area (Å²) in [5.41, 5.74) is -0.175. The van der Waals surface area contributed by atoms with Crippen LogP contribution in [0.5, 0.6) is 0 Å². The van der Waals surface area contributed by atoms with Crippen molar-refractivity contribution < 1.29 is 18.3 Å². The van der Waals surface area contributed by atoms with E-state index < -0.39 is 17.8 Å². The van der Waals surface area contributed by atoms with E-state index in [4.69, 9.17) is 0 Å². The zero-order chi connectivity index (χ0) is 13.9. The summed E-state index contributed by atoms with van der Waals surface area (Å²) in [4.78, 5) is 0. The van der Waals surface area contributed by atoms with Crippen LogP contribution in [0.2, 0.25) is 0 Å². The molecule has 5 heteroatoms. The van der Waals surface area contributed by atoms with Crippen LogP contribution in [-0.4, -0.2) is 17.7 Å². The highest BCUT2D eigenvalue weighted by atomic mass is 19.4. The Labute approximate surface area is 110 Å². The van der Waals surface area contributed by atoms with Crippen LogP contribution in [0.25, 0.3) is 0 Å². The highest BCUT2D eigenvalue weighted by Gasteiger charge is 2.30. The summed E-state index contributed by atoms with van der Waals surface area (Å²) in [6, 6.07) is 5.12. The topological polar surface area (TPSA) is 32.3 Å². The van der Waals surface area contributed by atoms with Crippen LogP contribution in [0.1, 0.15) is 42.9 Å². The van der Waals surface area contributed by atoms with Gasteiger partial charge in [-0.05, 0) is 30.5 Å². The number of halogens is 3. The van der Waals surface area contributed by atoms with Crippen LogP contribution in [0.15, 0.2) is 24.3 Å². The lowest BCUT2D eigenvalue weighted by molar-refractivity contribution is -0.137. The molecule has 19 heavy (non-hydrogen) atoms. The fourth-order valence-corrected chi connectivity index (χ4v) is 2.42. The van der Waals surface area contributed by atoms with E-state index in [9.17, 15) is 18.3 Å². The first-order valence-electron chi connectivity index (χ1n) is 6.55. The van der Waals surface area contributed by atoms with E-state index >= 15 is 0 Å². The van der Waals surface area contributed by atoms with Crippen molar-refractivity contribution in [1.29, 1.82) is 0 Å². The molecule has 2 nitrogen and oxygen atoms in total. The first kappa shape index (κ1) is 14.3. The molecule has 1 atom stereocenters. The zero-order valence-electron chi connectivity index (χ0n) is 10.6. The number of rotatable bonds is 4. The second kappa shape index (κ2) is 5.92. The molecule has 1 aromatic carbocycles. The molecule has 106 valence electrons. The van der Waals surface area contributed by atoms with Gasteiger partial charge >= 0.3 is 6.18 Å². The highest BCUT2D eigenvalue weighted by Crippen LogP contribution is 2.30. The Morgan fingerprint density at radius 1 is 1.16 bits per heavy atom. The molecule has 0 amide bonds. The highest BCUT2D eigenvalue weighted by molar-refractivity contribution is 5.26. The lowest BCUT2D eigenvalue weighted by Gasteiger charge is -2.17. The molecule has 0 bridgehead atoms. The molecule has 0 saturated heterocycles. The molecule has 1 aliphatic rings. The molecule has 0 radical (unpaired) electrons. The molecule has 0 aliphatic heterocycles. The van der Waals surface area contributed by atoms with Crippen LogP contribution >= 0.6 is 0 Å². The molecule has 1 fully saturated rings. The van der Waals surface area contributed by atoms with Gasteiger partial charge in [0.15, 0.2) is 0 Å². The third kappa shape index (κ3) is 3.94. The van der Waals surface area contributed by atoms with Gasteiger partial charge in [0.1, 0.15) is 0 Å². The van der Waals surface area contributed by atoms with Gasteiger partial charge in [-0.15, -0.1) is 0 Å². The maximum absolute atomic E-state index is 12.4. The number of aliphatic hydroxyl groups is 1. The summed E-state index contributed by atoms with van der Waals surface area (Å²) in [6.45, 7) is 0.385. The van der Waals surface area contributed by atoms with E-state index in [-0.39, 0.29) is 0 Å². The van der Waals surface area contributed by atoms with Gasteiger partial charge in [0.2, 0.25) is 0 Å². The molecule has 0 heterocycles. The Morgan fingerprint density at radius 3 is 2.26 bits per heavy atom. The number of nitrogens with one attached hydrogen (secondary N) is 1. The predicted molar refractivity (Wildman–Crippen MR) is 66.7 cm³/mol. The molecule has 0 aromatic heterocycles. The van der Waals surface area contributed by atoms with E-state index in [0.29, 0.717) is 18.2 Å². The lowest BCUT2D eigenvalue weighted by Crippen LogP contribution is -2.30. The molecule has 2 rings (SSSR count). The number of alkyl halides is 3. The van der Waals surface area contributed by atoms with Crippen LogP contribution in [0.3, 0.4) is 0 Å². The van der Waals surface area contributed by atoms with E-state index in [0.717, 1.165) is 25.0 Å². The average molecular weight is 273 g/mol. The monoisotopic (exact) mass is 273 g/mol. The second-order valence-corrected chi connectivity index (χ2v) is 5.03. The van der Waals surface area contributed by atoms with Crippen molar-refractivity contribution in [2.75, 3.05) is 6.54 Å². The molecule has 1 saturated carbocycles. The lowest BCUT2D eigenvalue weighted by atomic mass is 10.1. The normalized spacial score (nSPS) is 18.7. The van der Waals surface area contributed by atoms with Crippen LogP contribution < -0.4 is 5.32 Å². The van der Waals surface area contributed by atoms with Gasteiger partial charge in [-0.3, -0.25) is 0 Å². The smallest absolute Gasteiger partial charge is 0.387 e. The van der Waals surface area contributed by atoms with Crippen molar-refractivity contribution in [2.24, 2.45) is 0 Å². The fraction of sp³-hybridized carbons (Fsp3) is 0.571. The Kier molecular flexibility index (Phi) is 4.47. The predicted octanol–water partition coefficient (Wildman–Crippen LogP) is 3.27. The van der Waals surface area contributed by atoms with Gasteiger partial charge in [0, 0.05) is 12.6 Å². The molecule has 2 N–H and O–H groups in total. The SMILES string of the molecule is OC(CNC1CCCC1)c1ccc(C(F)(F)F)cc1. The maximum atomic E-state index is 12.4. The summed E-state index contributed by atoms with van der Waals surface area (Å²) in [6.07, 6.45) is -0.462. The maximum Gasteiger partial charge on any atom is 0.416 e. The summed E-state index contributed by atoms with van der Waals surface area (Å²) < 4.78 is 37.2. The van der Waals surface area contributed by atoms with Crippen molar-refractivity contribution in [1.82, 2.24) is 5.32 Å². The molecule has 1 aliphatic carbocycles. The summed E-state index contributed by atoms with van der Waals surface area (Å²) in [5, 5.41) is 13.2. The average Bonchev–Trinajstić information content (AvgIpc) is 2.88. The summed E-state index contributed by atoms with van der Waals surface area (Å²) >= 11 is 0. The van der Waals surface area contributed by atoms with Crippen LogP contribution in [0, 0.1) is 0 Å². The molecule has 0 spiro atoms. The summed E-state index contributed by atoms with van der Waals surface area (Å²) in [7, 11) is 0. The molecular formula is C14H18F3NO. The zero-order valence-corrected chi connectivity index (χ0v) is 10.6. The van der Waals surface area contributed by atoms with Crippen LogP contribution in [-0.2, 0) is 6.18 Å². The fourth-order valence-electron chi connectivity index (χ4n) is 2.42. The van der Waals surface area contributed by atoms with Crippen molar-refractivity contribution in [3.05, 3.63) is 35.4 Å². The van der Waals surface area contributed by atoms with E-state index in [1.807, 2.05) is 0 Å². The Morgan fingerprint density at radius 2 is 1.74 bits per heavy atom. The quantitative estimate of drug-likeness (QED) is 0.882. The summed E-state index contributed by atoms with van der Waals surface area (Å²) in [5.74, 6) is 0. The van der Waals surface area contributed by atoms with Gasteiger partial charge in [-0.25, -0.2) is 0 Å². The van der Waals surface area contributed by atoms with Crippen molar-refractivity contribution in [3.8, 4) is 0 Å². The van der Waals surface area contributed by atoms with E-state index in [2.05, 4.69) is 5.32 Å². The van der Waals surface area contributed by atoms with Crippen molar-refractivity contribution >= 4 is 0 Å². The van der Waals surface area contributed by atoms with Gasteiger partial charge in [0.25, 0.3) is 0 Å². The molecular weight excluding hydrogens is 255 g/mol. The molecule has 1 aromatic rings.